The second kappa shape index (κ2) is 20.2. The van der Waals surface area contributed by atoms with Crippen LogP contribution in [0.2, 0.25) is 0 Å². The van der Waals surface area contributed by atoms with E-state index >= 15 is 0 Å². The van der Waals surface area contributed by atoms with Gasteiger partial charge in [-0.1, -0.05) is 32.6 Å². The second-order valence-corrected chi connectivity index (χ2v) is 22.2. The molecular formula is C47H73N5O13S. The van der Waals surface area contributed by atoms with Crippen molar-refractivity contribution in [2.75, 3.05) is 18.9 Å². The van der Waals surface area contributed by atoms with Crippen molar-refractivity contribution in [3.05, 3.63) is 11.6 Å². The minimum Gasteiger partial charge on any atom is -0.458 e. The number of carbonyl (C=O) groups excluding carboxylic acids is 4. The Labute approximate surface area is 391 Å². The van der Waals surface area contributed by atoms with Crippen molar-refractivity contribution in [1.82, 2.24) is 21.4 Å². The van der Waals surface area contributed by atoms with Gasteiger partial charge < -0.3 is 60.8 Å². The number of hydrogen-bond donors (Lipinski definition) is 10. The third-order valence-corrected chi connectivity index (χ3v) is 18.8. The molecule has 0 aromatic heterocycles. The van der Waals surface area contributed by atoms with E-state index in [1.165, 1.54) is 6.08 Å². The number of thioether (sulfide) groups is 1. The molecule has 4 aliphatic carbocycles. The number of esters is 1. The number of cyclic esters (lactones) is 1. The number of rotatable bonds is 18. The van der Waals surface area contributed by atoms with Crippen LogP contribution in [0.15, 0.2) is 16.8 Å². The molecular weight excluding hydrogens is 875 g/mol. The van der Waals surface area contributed by atoms with Crippen LogP contribution in [0.1, 0.15) is 129 Å². The smallest absolute Gasteiger partial charge is 0.331 e. The van der Waals surface area contributed by atoms with Crippen LogP contribution in [0.5, 0.6) is 0 Å². The average Bonchev–Trinajstić information content (AvgIpc) is 4.05. The van der Waals surface area contributed by atoms with Crippen LogP contribution in [0.25, 0.3) is 0 Å². The Kier molecular flexibility index (Phi) is 15.2. The maximum Gasteiger partial charge on any atom is 0.331 e. The lowest BCUT2D eigenvalue weighted by Crippen LogP contribution is -2.71. The molecule has 0 spiro atoms. The standard InChI is InChI=1S/C47H73N5O13S/c1-26-39(57)40(58)41(59)42(64-26)65-28-13-16-45(31-21-34(53)44(2)29(27-20-37(56)63-23-27)15-18-47(44,62)30(31)14-17-46(45,61)22-28)25-49-52-36(55)12-6-4-3-5-9-19-48-35(54)11-8-7-10-33-38-32(24-66-33)50-43(60)51-38/h20,25-26,28-34,38-42,53,57-59,61-62H,3-19,21-24H2,1-2H3,(H,48,54)(H,52,55)(H2,50,51,60)/b49-25+/t26-,28-,29+,30+,31-,32-,33-,34+,38-,39-,40+,41+,42-,44-,45-,46-,47-/m0/s1. The number of carbonyl (C=O) groups is 4. The number of urea groups is 1. The number of nitrogens with zero attached hydrogens (tertiary/aromatic N) is 1. The van der Waals surface area contributed by atoms with Crippen molar-refractivity contribution in [1.29, 1.82) is 0 Å². The molecule has 8 aliphatic rings. The number of hydrazone groups is 1. The highest BCUT2D eigenvalue weighted by Gasteiger charge is 2.73. The third-order valence-electron chi connectivity index (χ3n) is 17.3. The highest BCUT2D eigenvalue weighted by molar-refractivity contribution is 8.00. The number of unbranched alkanes of at least 4 members (excludes halogenated alkanes) is 5. The van der Waals surface area contributed by atoms with Crippen LogP contribution >= 0.6 is 11.8 Å². The van der Waals surface area contributed by atoms with E-state index < -0.39 is 76.8 Å². The van der Waals surface area contributed by atoms with Gasteiger partial charge in [-0.2, -0.15) is 16.9 Å². The molecule has 8 rings (SSSR count). The largest absolute Gasteiger partial charge is 0.458 e. The predicted molar refractivity (Wildman–Crippen MR) is 241 cm³/mol. The van der Waals surface area contributed by atoms with Gasteiger partial charge in [0.1, 0.15) is 24.9 Å². The molecule has 7 fully saturated rings. The molecule has 370 valence electrons. The van der Waals surface area contributed by atoms with Gasteiger partial charge in [0.25, 0.3) is 0 Å². The van der Waals surface area contributed by atoms with Crippen molar-refractivity contribution >= 4 is 41.8 Å². The molecule has 0 unspecified atom stereocenters. The van der Waals surface area contributed by atoms with Gasteiger partial charge in [0.2, 0.25) is 11.8 Å². The summed E-state index contributed by atoms with van der Waals surface area (Å²) in [5.74, 6) is -0.763. The zero-order valence-electron chi connectivity index (χ0n) is 38.4. The minimum absolute atomic E-state index is 0.0570. The normalized spacial score (nSPS) is 43.8. The van der Waals surface area contributed by atoms with Crippen molar-refractivity contribution in [3.8, 4) is 0 Å². The number of fused-ring (bicyclic) bond motifs is 6. The van der Waals surface area contributed by atoms with Gasteiger partial charge in [-0.15, -0.1) is 0 Å². The van der Waals surface area contributed by atoms with Gasteiger partial charge in [0, 0.05) is 59.9 Å². The molecule has 66 heavy (non-hydrogen) atoms. The van der Waals surface area contributed by atoms with Gasteiger partial charge in [0.15, 0.2) is 6.29 Å². The van der Waals surface area contributed by atoms with E-state index in [9.17, 15) is 49.8 Å². The van der Waals surface area contributed by atoms with E-state index in [0.717, 1.165) is 56.3 Å². The van der Waals surface area contributed by atoms with E-state index in [0.29, 0.717) is 56.7 Å². The summed E-state index contributed by atoms with van der Waals surface area (Å²) in [6, 6.07) is 0.315. The Hall–Kier alpha value is -2.88. The van der Waals surface area contributed by atoms with E-state index in [1.807, 2.05) is 18.7 Å². The fourth-order valence-corrected chi connectivity index (χ4v) is 15.1. The highest BCUT2D eigenvalue weighted by atomic mass is 32.2. The van der Waals surface area contributed by atoms with Gasteiger partial charge in [-0.25, -0.2) is 15.0 Å². The fourth-order valence-electron chi connectivity index (χ4n) is 13.6. The Morgan fingerprint density at radius 1 is 0.924 bits per heavy atom. The molecule has 4 aliphatic heterocycles. The summed E-state index contributed by atoms with van der Waals surface area (Å²) in [6.45, 7) is 4.23. The van der Waals surface area contributed by atoms with Gasteiger partial charge in [-0.05, 0) is 101 Å². The Morgan fingerprint density at radius 3 is 2.47 bits per heavy atom. The van der Waals surface area contributed by atoms with Gasteiger partial charge in [-0.3, -0.25) is 9.59 Å². The SMILES string of the molecule is C[C@@H]1O[C@@H](O[C@H]2CC[C@]3(/C=N/NC(=O)CCCCCCCNC(=O)CCCC[C@@H]4SC[C@@H]5NC(=O)N[C@@H]54)[C@H]4C[C@@H](O)[C@]5(C)[C@@H](C6=CC(=O)OC6)CC[C@]5(O)[C@@H]4CC[C@]3(O)C2)[C@H](O)[C@H](O)[C@H]1O. The summed E-state index contributed by atoms with van der Waals surface area (Å²) in [5.41, 5.74) is -1.39. The van der Waals surface area contributed by atoms with Crippen molar-refractivity contribution in [2.45, 2.75) is 201 Å². The maximum absolute atomic E-state index is 13.1. The number of ether oxygens (including phenoxy) is 3. The van der Waals surface area contributed by atoms with Crippen LogP contribution in [-0.2, 0) is 28.6 Å². The monoisotopic (exact) mass is 947 g/mol. The number of aliphatic hydroxyl groups excluding tert-OH is 4. The lowest BCUT2D eigenvalue weighted by atomic mass is 9.41. The summed E-state index contributed by atoms with van der Waals surface area (Å²) >= 11 is 1.89. The molecule has 10 N–H and O–H groups in total. The quantitative estimate of drug-likeness (QED) is 0.0235. The van der Waals surface area contributed by atoms with Crippen molar-refractivity contribution in [2.24, 2.45) is 33.7 Å². The van der Waals surface area contributed by atoms with Crippen LogP contribution in [0, 0.1) is 28.6 Å². The molecule has 3 saturated heterocycles. The summed E-state index contributed by atoms with van der Waals surface area (Å²) in [7, 11) is 0. The predicted octanol–water partition coefficient (Wildman–Crippen LogP) is 1.81. The molecule has 0 radical (unpaired) electrons. The zero-order valence-corrected chi connectivity index (χ0v) is 39.2. The second-order valence-electron chi connectivity index (χ2n) is 20.9. The fraction of sp³-hybridized carbons (Fsp3) is 0.851. The third kappa shape index (κ3) is 9.42. The molecule has 0 bridgehead atoms. The first-order valence-electron chi connectivity index (χ1n) is 24.6. The lowest BCUT2D eigenvalue weighted by Gasteiger charge is -2.66. The summed E-state index contributed by atoms with van der Waals surface area (Å²) in [6.07, 6.45) is 5.53. The number of hydrogen-bond acceptors (Lipinski definition) is 15. The molecule has 17 atom stereocenters. The van der Waals surface area contributed by atoms with E-state index in [1.54, 1.807) is 13.1 Å². The Morgan fingerprint density at radius 2 is 1.68 bits per heavy atom. The molecule has 4 saturated carbocycles. The summed E-state index contributed by atoms with van der Waals surface area (Å²) in [4.78, 5) is 49.2. The van der Waals surface area contributed by atoms with Crippen molar-refractivity contribution < 1.29 is 64.0 Å². The molecule has 18 nitrogen and oxygen atoms in total. The van der Waals surface area contributed by atoms with Gasteiger partial charge in [0.05, 0.1) is 41.6 Å². The first kappa shape index (κ1) is 49.5. The molecule has 19 heteroatoms. The maximum atomic E-state index is 13.1. The minimum atomic E-state index is -1.51. The first-order chi connectivity index (χ1) is 31.5. The summed E-state index contributed by atoms with van der Waals surface area (Å²) in [5, 5.41) is 83.2. The summed E-state index contributed by atoms with van der Waals surface area (Å²) < 4.78 is 17.2. The first-order valence-corrected chi connectivity index (χ1v) is 25.7. The molecule has 4 amide bonds. The lowest BCUT2D eigenvalue weighted by molar-refractivity contribution is -0.317. The number of aliphatic hydroxyl groups is 6. The Balaban J connectivity index is 0.830. The van der Waals surface area contributed by atoms with Crippen LogP contribution in [0.3, 0.4) is 0 Å². The van der Waals surface area contributed by atoms with E-state index in [4.69, 9.17) is 14.2 Å². The van der Waals surface area contributed by atoms with Crippen LogP contribution in [-0.4, -0.2) is 151 Å². The van der Waals surface area contributed by atoms with E-state index in [-0.39, 0.29) is 74.1 Å². The molecule has 0 aromatic rings. The van der Waals surface area contributed by atoms with Crippen molar-refractivity contribution in [3.63, 3.8) is 0 Å². The highest BCUT2D eigenvalue weighted by Crippen LogP contribution is 2.70. The molecule has 4 heterocycles. The van der Waals surface area contributed by atoms with E-state index in [2.05, 4.69) is 26.5 Å². The topological polar surface area (TPSA) is 278 Å². The number of amides is 4. The Bertz CT molecular complexity index is 1860. The number of nitrogens with one attached hydrogen (secondary N) is 4. The average molecular weight is 948 g/mol. The zero-order chi connectivity index (χ0) is 47.0. The van der Waals surface area contributed by atoms with Gasteiger partial charge >= 0.3 is 12.0 Å². The van der Waals surface area contributed by atoms with Crippen LogP contribution < -0.4 is 21.4 Å². The van der Waals surface area contributed by atoms with Crippen LogP contribution in [0.4, 0.5) is 4.79 Å². The molecule has 0 aromatic carbocycles.